The van der Waals surface area contributed by atoms with Crippen LogP contribution in [0.2, 0.25) is 0 Å². The molecule has 1 aliphatic heterocycles. The highest BCUT2D eigenvalue weighted by Gasteiger charge is 2.38. The minimum Gasteiger partial charge on any atom is -0.377 e. The van der Waals surface area contributed by atoms with Gasteiger partial charge in [0.25, 0.3) is 17.7 Å². The lowest BCUT2D eigenvalue weighted by atomic mass is 9.97. The molecular weight excluding hydrogens is 665 g/mol. The zero-order valence-electron chi connectivity index (χ0n) is 27.4. The minimum atomic E-state index is -1.95. The summed E-state index contributed by atoms with van der Waals surface area (Å²) in [5, 5.41) is 19.3. The normalized spacial score (nSPS) is 14.1. The smallest absolute Gasteiger partial charge is 0.300 e. The number of non-ortho nitro benzene ring substituents is 1. The number of nitro groups is 1. The van der Waals surface area contributed by atoms with E-state index in [-0.39, 0.29) is 65.7 Å². The number of aromatic nitrogens is 2. The number of nitro benzene ring substituents is 1. The fraction of sp³-hybridized carbons (Fsp3) is 0.222. The van der Waals surface area contributed by atoms with Crippen LogP contribution in [0.3, 0.4) is 0 Å². The molecule has 51 heavy (non-hydrogen) atoms. The Bertz CT molecular complexity index is 2170. The van der Waals surface area contributed by atoms with E-state index in [1.54, 1.807) is 30.3 Å². The molecule has 0 fully saturated rings. The number of ether oxygens (including phenoxy) is 2. The van der Waals surface area contributed by atoms with Gasteiger partial charge in [-0.25, -0.2) is 9.02 Å². The molecule has 0 N–H and O–H groups in total. The van der Waals surface area contributed by atoms with E-state index in [9.17, 15) is 33.7 Å². The maximum absolute atomic E-state index is 14.7. The molecule has 1 atom stereocenters. The molecule has 0 saturated heterocycles. The number of fused-ring (bicyclic) bond motifs is 2. The second-order valence-electron chi connectivity index (χ2n) is 11.6. The van der Waals surface area contributed by atoms with E-state index in [0.717, 1.165) is 10.5 Å². The fourth-order valence-corrected chi connectivity index (χ4v) is 5.72. The van der Waals surface area contributed by atoms with Gasteiger partial charge in [0.15, 0.2) is 11.3 Å². The van der Waals surface area contributed by atoms with Crippen molar-refractivity contribution in [3.63, 3.8) is 0 Å². The van der Waals surface area contributed by atoms with Crippen LogP contribution in [-0.4, -0.2) is 76.6 Å². The third-order valence-electron chi connectivity index (χ3n) is 8.32. The molecule has 0 aliphatic carbocycles. The van der Waals surface area contributed by atoms with Crippen molar-refractivity contribution in [1.29, 1.82) is 0 Å². The number of imide groups is 1. The zero-order valence-corrected chi connectivity index (χ0v) is 27.4. The number of alkyl halides is 1. The maximum Gasteiger partial charge on any atom is 0.300 e. The minimum absolute atomic E-state index is 0.0317. The van der Waals surface area contributed by atoms with Crippen LogP contribution in [0.4, 0.5) is 21.5 Å². The lowest BCUT2D eigenvalue weighted by Gasteiger charge is -2.28. The van der Waals surface area contributed by atoms with Gasteiger partial charge in [-0.15, -0.1) is 0 Å². The Morgan fingerprint density at radius 1 is 0.922 bits per heavy atom. The lowest BCUT2D eigenvalue weighted by molar-refractivity contribution is -0.383. The molecule has 0 radical (unpaired) electrons. The van der Waals surface area contributed by atoms with Gasteiger partial charge in [-0.3, -0.25) is 39.1 Å². The van der Waals surface area contributed by atoms with E-state index in [1.807, 2.05) is 31.2 Å². The molecule has 6 rings (SSSR count). The topological polar surface area (TPSA) is 175 Å². The molecule has 3 amide bonds. The quantitative estimate of drug-likeness (QED) is 0.0486. The zero-order chi connectivity index (χ0) is 36.2. The predicted molar refractivity (Wildman–Crippen MR) is 180 cm³/mol. The van der Waals surface area contributed by atoms with Crippen molar-refractivity contribution in [1.82, 2.24) is 15.2 Å². The third-order valence-corrected chi connectivity index (χ3v) is 8.32. The molecule has 5 aromatic rings. The van der Waals surface area contributed by atoms with Gasteiger partial charge < -0.3 is 9.47 Å². The summed E-state index contributed by atoms with van der Waals surface area (Å²) in [7, 11) is 0. The van der Waals surface area contributed by atoms with Crippen LogP contribution in [0.25, 0.3) is 22.2 Å². The lowest BCUT2D eigenvalue weighted by Crippen LogP contribution is -2.45. The third kappa shape index (κ3) is 6.97. The Morgan fingerprint density at radius 3 is 2.37 bits per heavy atom. The van der Waals surface area contributed by atoms with E-state index in [2.05, 4.69) is 10.3 Å². The number of aryl methyl sites for hydroxylation is 1. The Hall–Kier alpha value is -6.19. The molecule has 0 saturated carbocycles. The number of amides is 3. The molecule has 0 spiro atoms. The Labute approximate surface area is 289 Å². The Morgan fingerprint density at radius 2 is 1.63 bits per heavy atom. The highest BCUT2D eigenvalue weighted by atomic mass is 19.1. The number of ketones is 1. The first-order valence-corrected chi connectivity index (χ1v) is 15.8. The molecule has 1 unspecified atom stereocenters. The standard InChI is InChI=1S/C36H30FN5O9/c1-21-7-9-23(10-8-21)27-19-24(22(2)43)11-12-28(27)41(29-13-14-30(42(47)48)34-33(29)38-51-39-34)31(44)20-50-18-17-49-16-15-40-35(45)26-6-4-3-5-25(26)32(37)36(40)46/h3-14,19,32H,15-18,20H2,1-2H3. The number of Topliss-reactive ketones (excluding diaryl/α,β-unsaturated/α-hetero) is 1. The highest BCUT2D eigenvalue weighted by Crippen LogP contribution is 2.40. The second-order valence-corrected chi connectivity index (χ2v) is 11.6. The van der Waals surface area contributed by atoms with E-state index in [0.29, 0.717) is 22.4 Å². The number of benzene rings is 4. The van der Waals surface area contributed by atoms with Crippen LogP contribution in [0.1, 0.15) is 44.9 Å². The predicted octanol–water partition coefficient (Wildman–Crippen LogP) is 5.70. The molecule has 15 heteroatoms. The van der Waals surface area contributed by atoms with Gasteiger partial charge >= 0.3 is 5.69 Å². The van der Waals surface area contributed by atoms with Crippen molar-refractivity contribution in [2.24, 2.45) is 0 Å². The molecule has 14 nitrogen and oxygen atoms in total. The largest absolute Gasteiger partial charge is 0.377 e. The number of carbonyl (C=O) groups excluding carboxylic acids is 4. The van der Waals surface area contributed by atoms with Crippen LogP contribution in [-0.2, 0) is 19.1 Å². The number of carbonyl (C=O) groups is 4. The van der Waals surface area contributed by atoms with Crippen molar-refractivity contribution in [3.05, 3.63) is 111 Å². The summed E-state index contributed by atoms with van der Waals surface area (Å²) >= 11 is 0. The molecule has 260 valence electrons. The summed E-state index contributed by atoms with van der Waals surface area (Å²) in [6, 6.07) is 20.8. The van der Waals surface area contributed by atoms with Crippen molar-refractivity contribution in [2.75, 3.05) is 37.9 Å². The molecule has 4 aromatic carbocycles. The summed E-state index contributed by atoms with van der Waals surface area (Å²) in [5.41, 5.74) is 2.59. The summed E-state index contributed by atoms with van der Waals surface area (Å²) in [4.78, 5) is 64.8. The summed E-state index contributed by atoms with van der Waals surface area (Å²) in [5.74, 6) is -2.38. The van der Waals surface area contributed by atoms with E-state index >= 15 is 0 Å². The number of hydrogen-bond donors (Lipinski definition) is 0. The molecule has 1 aromatic heterocycles. The van der Waals surface area contributed by atoms with Crippen LogP contribution in [0.5, 0.6) is 0 Å². The van der Waals surface area contributed by atoms with Crippen molar-refractivity contribution < 1.29 is 42.6 Å². The van der Waals surface area contributed by atoms with E-state index in [4.69, 9.17) is 14.1 Å². The molecule has 0 bridgehead atoms. The van der Waals surface area contributed by atoms with Crippen LogP contribution in [0.15, 0.2) is 83.5 Å². The fourth-order valence-electron chi connectivity index (χ4n) is 5.72. The second kappa shape index (κ2) is 14.7. The van der Waals surface area contributed by atoms with Gasteiger partial charge in [-0.05, 0) is 60.1 Å². The molecule has 1 aliphatic rings. The van der Waals surface area contributed by atoms with E-state index < -0.39 is 35.4 Å². The highest BCUT2D eigenvalue weighted by molar-refractivity contribution is 6.12. The van der Waals surface area contributed by atoms with Gasteiger partial charge in [0.05, 0.1) is 42.7 Å². The summed E-state index contributed by atoms with van der Waals surface area (Å²) in [6.45, 7) is 2.47. The van der Waals surface area contributed by atoms with Gasteiger partial charge in [-0.1, -0.05) is 48.0 Å². The molecular formula is C36H30FN5O9. The van der Waals surface area contributed by atoms with Gasteiger partial charge in [0, 0.05) is 28.3 Å². The van der Waals surface area contributed by atoms with Gasteiger partial charge in [-0.2, -0.15) is 0 Å². The number of hydrogen-bond acceptors (Lipinski definition) is 11. The van der Waals surface area contributed by atoms with Crippen LogP contribution >= 0.6 is 0 Å². The number of anilines is 2. The summed E-state index contributed by atoms with van der Waals surface area (Å²) < 4.78 is 30.7. The Kier molecular flexibility index (Phi) is 10.0. The SMILES string of the molecule is CC(=O)c1ccc(N(C(=O)COCCOCCN2C(=O)c3ccccc3C(F)C2=O)c2ccc([N+](=O)[O-])c3nonc23)c(-c2ccc(C)cc2)c1. The maximum atomic E-state index is 14.7. The van der Waals surface area contributed by atoms with E-state index in [1.165, 1.54) is 36.1 Å². The first-order valence-electron chi connectivity index (χ1n) is 15.8. The van der Waals surface area contributed by atoms with Crippen LogP contribution < -0.4 is 4.90 Å². The average molecular weight is 696 g/mol. The number of nitrogens with zero attached hydrogens (tertiary/aromatic N) is 5. The van der Waals surface area contributed by atoms with Gasteiger partial charge in [0.1, 0.15) is 6.61 Å². The van der Waals surface area contributed by atoms with Crippen molar-refractivity contribution >= 4 is 51.6 Å². The first-order chi connectivity index (χ1) is 24.6. The Balaban J connectivity index is 1.20. The van der Waals surface area contributed by atoms with Crippen LogP contribution in [0, 0.1) is 17.0 Å². The first kappa shape index (κ1) is 34.7. The van der Waals surface area contributed by atoms with Crippen molar-refractivity contribution in [3.8, 4) is 11.1 Å². The number of rotatable bonds is 13. The molecule has 2 heterocycles. The van der Waals surface area contributed by atoms with Crippen molar-refractivity contribution in [2.45, 2.75) is 20.0 Å². The average Bonchev–Trinajstić information content (AvgIpc) is 3.62. The van der Waals surface area contributed by atoms with Gasteiger partial charge in [0.2, 0.25) is 11.7 Å². The number of halogens is 1. The monoisotopic (exact) mass is 695 g/mol. The summed E-state index contributed by atoms with van der Waals surface area (Å²) in [6.07, 6.45) is -1.95.